The molecule has 0 aliphatic rings. The minimum atomic E-state index is 0.603. The number of rotatable bonds is 12. The van der Waals surface area contributed by atoms with E-state index in [4.69, 9.17) is 0 Å². The van der Waals surface area contributed by atoms with Crippen LogP contribution in [-0.4, -0.2) is 0 Å². The lowest BCUT2D eigenvalue weighted by molar-refractivity contribution is 1.46. The SMILES string of the molecule is Cc1ccc(-c2cc(-c3ccccc3)cc(-c3cc(-c4ccccc4)cc(-c4cc(-c5cccc(-c6ccccc6)c5)cc(-c5cc(-c6ccccc6)cc(-c6cc(-c7ccccc7)cc(-c7ccccc7)c6)c5)c4C#N)c3)c2)cc1. The Bertz CT molecular complexity index is 4350. The van der Waals surface area contributed by atoms with Gasteiger partial charge in [0.15, 0.2) is 0 Å². The van der Waals surface area contributed by atoms with Crippen molar-refractivity contribution in [3.05, 3.63) is 327 Å². The van der Waals surface area contributed by atoms with Crippen molar-refractivity contribution in [1.29, 1.82) is 5.26 Å². The number of hydrogen-bond acceptors (Lipinski definition) is 1. The van der Waals surface area contributed by atoms with Crippen LogP contribution in [0.15, 0.2) is 315 Å². The second-order valence-corrected chi connectivity index (χ2v) is 20.9. The highest BCUT2D eigenvalue weighted by Crippen LogP contribution is 2.45. The molecule has 0 bridgehead atoms. The molecule has 0 N–H and O–H groups in total. The van der Waals surface area contributed by atoms with Crippen LogP contribution in [0.1, 0.15) is 11.1 Å². The monoisotopic (exact) mass is 1030 g/mol. The van der Waals surface area contributed by atoms with Gasteiger partial charge in [-0.05, 0) is 220 Å². The van der Waals surface area contributed by atoms with Crippen molar-refractivity contribution < 1.29 is 0 Å². The van der Waals surface area contributed by atoms with Crippen LogP contribution in [0.25, 0.3) is 134 Å². The van der Waals surface area contributed by atoms with Gasteiger partial charge in [0.25, 0.3) is 0 Å². The van der Waals surface area contributed by atoms with Crippen LogP contribution in [0.3, 0.4) is 0 Å². The molecule has 0 spiro atoms. The predicted molar refractivity (Wildman–Crippen MR) is 341 cm³/mol. The van der Waals surface area contributed by atoms with Crippen LogP contribution >= 0.6 is 0 Å². The first-order valence-electron chi connectivity index (χ1n) is 27.7. The molecule has 0 fully saturated rings. The molecular weight excluding hydrogens is 975 g/mol. The van der Waals surface area contributed by atoms with Crippen LogP contribution in [0.4, 0.5) is 0 Å². The highest BCUT2D eigenvalue weighted by Gasteiger charge is 2.21. The summed E-state index contributed by atoms with van der Waals surface area (Å²) in [4.78, 5) is 0. The molecular formula is C80H55N. The Morgan fingerprint density at radius 2 is 0.383 bits per heavy atom. The number of benzene rings is 13. The van der Waals surface area contributed by atoms with E-state index in [2.05, 4.69) is 328 Å². The van der Waals surface area contributed by atoms with Crippen molar-refractivity contribution in [2.75, 3.05) is 0 Å². The molecule has 1 nitrogen and oxygen atoms in total. The molecule has 380 valence electrons. The average Bonchev–Trinajstić information content (AvgIpc) is 3.56. The minimum absolute atomic E-state index is 0.603. The minimum Gasteiger partial charge on any atom is -0.192 e. The lowest BCUT2D eigenvalue weighted by atomic mass is 9.84. The van der Waals surface area contributed by atoms with Crippen molar-refractivity contribution >= 4 is 0 Å². The summed E-state index contributed by atoms with van der Waals surface area (Å²) in [5.74, 6) is 0. The molecule has 13 aromatic rings. The Morgan fingerprint density at radius 3 is 0.667 bits per heavy atom. The van der Waals surface area contributed by atoms with Gasteiger partial charge in [-0.1, -0.05) is 230 Å². The molecule has 0 saturated carbocycles. The molecule has 0 atom stereocenters. The van der Waals surface area contributed by atoms with Gasteiger partial charge in [0, 0.05) is 11.1 Å². The average molecular weight is 1030 g/mol. The lowest BCUT2D eigenvalue weighted by Crippen LogP contribution is -1.96. The maximum Gasteiger partial charge on any atom is 0.100 e. The molecule has 13 aromatic carbocycles. The highest BCUT2D eigenvalue weighted by atomic mass is 14.3. The Hall–Kier alpha value is -10.7. The quantitative estimate of drug-likeness (QED) is 0.120. The first-order valence-corrected chi connectivity index (χ1v) is 27.7. The van der Waals surface area contributed by atoms with Crippen LogP contribution in [0, 0.1) is 18.3 Å². The van der Waals surface area contributed by atoms with Crippen LogP contribution in [0.5, 0.6) is 0 Å². The molecule has 0 saturated heterocycles. The first kappa shape index (κ1) is 49.9. The maximum absolute atomic E-state index is 11.9. The number of hydrogen-bond donors (Lipinski definition) is 0. The van der Waals surface area contributed by atoms with E-state index in [1.54, 1.807) is 0 Å². The summed E-state index contributed by atoms with van der Waals surface area (Å²) in [6, 6.07) is 116. The Kier molecular flexibility index (Phi) is 13.8. The zero-order valence-electron chi connectivity index (χ0n) is 45.0. The highest BCUT2D eigenvalue weighted by molar-refractivity contribution is 5.95. The van der Waals surface area contributed by atoms with E-state index in [0.717, 1.165) is 134 Å². The molecule has 13 rings (SSSR count). The van der Waals surface area contributed by atoms with E-state index < -0.39 is 0 Å². The van der Waals surface area contributed by atoms with E-state index in [0.29, 0.717) is 5.56 Å². The van der Waals surface area contributed by atoms with E-state index >= 15 is 0 Å². The Labute approximate surface area is 475 Å². The molecule has 0 aromatic heterocycles. The molecule has 0 heterocycles. The van der Waals surface area contributed by atoms with Crippen LogP contribution < -0.4 is 0 Å². The zero-order valence-corrected chi connectivity index (χ0v) is 45.0. The second-order valence-electron chi connectivity index (χ2n) is 20.9. The van der Waals surface area contributed by atoms with Gasteiger partial charge in [-0.3, -0.25) is 0 Å². The zero-order chi connectivity index (χ0) is 54.5. The number of nitriles is 1. The fraction of sp³-hybridized carbons (Fsp3) is 0.0125. The van der Waals surface area contributed by atoms with E-state index in [1.807, 2.05) is 0 Å². The number of nitrogens with zero attached hydrogens (tertiary/aromatic N) is 1. The second kappa shape index (κ2) is 22.4. The molecule has 0 amide bonds. The molecule has 0 aliphatic carbocycles. The third-order valence-electron chi connectivity index (χ3n) is 15.5. The van der Waals surface area contributed by atoms with Gasteiger partial charge in [-0.2, -0.15) is 5.26 Å². The lowest BCUT2D eigenvalue weighted by Gasteiger charge is -2.19. The summed E-state index contributed by atoms with van der Waals surface area (Å²) in [6.45, 7) is 2.13. The summed E-state index contributed by atoms with van der Waals surface area (Å²) >= 11 is 0. The van der Waals surface area contributed by atoms with Crippen molar-refractivity contribution in [2.45, 2.75) is 6.92 Å². The molecule has 0 unspecified atom stereocenters. The van der Waals surface area contributed by atoms with Crippen molar-refractivity contribution in [3.8, 4) is 140 Å². The largest absolute Gasteiger partial charge is 0.192 e. The summed E-state index contributed by atoms with van der Waals surface area (Å²) < 4.78 is 0. The third-order valence-corrected chi connectivity index (χ3v) is 15.5. The molecule has 81 heavy (non-hydrogen) atoms. The fourth-order valence-electron chi connectivity index (χ4n) is 11.3. The summed E-state index contributed by atoms with van der Waals surface area (Å²) in [6.07, 6.45) is 0. The Balaban J connectivity index is 1.08. The van der Waals surface area contributed by atoms with Gasteiger partial charge < -0.3 is 0 Å². The topological polar surface area (TPSA) is 23.8 Å². The smallest absolute Gasteiger partial charge is 0.100 e. The van der Waals surface area contributed by atoms with Gasteiger partial charge in [0.2, 0.25) is 0 Å². The van der Waals surface area contributed by atoms with Crippen molar-refractivity contribution in [3.63, 3.8) is 0 Å². The van der Waals surface area contributed by atoms with E-state index in [1.165, 1.54) is 5.56 Å². The molecule has 1 heteroatoms. The van der Waals surface area contributed by atoms with Gasteiger partial charge in [-0.25, -0.2) is 0 Å². The van der Waals surface area contributed by atoms with Crippen LogP contribution in [-0.2, 0) is 0 Å². The third kappa shape index (κ3) is 10.7. The van der Waals surface area contributed by atoms with Gasteiger partial charge in [-0.15, -0.1) is 0 Å². The number of aryl methyl sites for hydroxylation is 1. The summed E-state index contributed by atoms with van der Waals surface area (Å²) in [5.41, 5.74) is 27.5. The molecule has 0 aliphatic heterocycles. The first-order chi connectivity index (χ1) is 40.0. The van der Waals surface area contributed by atoms with E-state index in [9.17, 15) is 5.26 Å². The van der Waals surface area contributed by atoms with Crippen molar-refractivity contribution in [2.24, 2.45) is 0 Å². The molecule has 0 radical (unpaired) electrons. The van der Waals surface area contributed by atoms with E-state index in [-0.39, 0.29) is 0 Å². The predicted octanol–water partition coefficient (Wildman–Crippen LogP) is 21.9. The standard InChI is InChI=1S/C80H55N/c1-55-35-37-62(38-36-55)68-41-67(59-27-14-5-15-28-59)44-72(45-68)74-47-70(61-31-18-7-19-32-61)49-77(51-74)79-53-75(64-34-20-33-63(39-64)56-21-8-2-9-22-56)52-78(80(79)54-81)76-48-69(60-29-16-6-17-30-60)46-73(50-76)71-42-65(57-23-10-3-11-24-57)40-66(43-71)58-25-12-4-13-26-58/h2-53H,1H3. The normalized spacial score (nSPS) is 11.0. The Morgan fingerprint density at radius 1 is 0.185 bits per heavy atom. The van der Waals surface area contributed by atoms with Crippen LogP contribution in [0.2, 0.25) is 0 Å². The van der Waals surface area contributed by atoms with Gasteiger partial charge >= 0.3 is 0 Å². The van der Waals surface area contributed by atoms with Gasteiger partial charge in [0.1, 0.15) is 6.07 Å². The van der Waals surface area contributed by atoms with Gasteiger partial charge in [0.05, 0.1) is 5.56 Å². The maximum atomic E-state index is 11.9. The summed E-state index contributed by atoms with van der Waals surface area (Å²) in [5, 5.41) is 11.9. The summed E-state index contributed by atoms with van der Waals surface area (Å²) in [7, 11) is 0. The fourth-order valence-corrected chi connectivity index (χ4v) is 11.3. The van der Waals surface area contributed by atoms with Crippen molar-refractivity contribution in [1.82, 2.24) is 0 Å².